The van der Waals surface area contributed by atoms with Gasteiger partial charge in [-0.1, -0.05) is 17.4 Å². The van der Waals surface area contributed by atoms with Gasteiger partial charge in [-0.2, -0.15) is 0 Å². The lowest BCUT2D eigenvalue weighted by atomic mass is 10.1. The minimum absolute atomic E-state index is 0.304. The van der Waals surface area contributed by atoms with Crippen molar-refractivity contribution in [1.82, 2.24) is 4.98 Å². The van der Waals surface area contributed by atoms with Crippen LogP contribution in [-0.2, 0) is 4.79 Å². The first-order chi connectivity index (χ1) is 13.4. The van der Waals surface area contributed by atoms with Gasteiger partial charge in [-0.05, 0) is 56.2 Å². The second-order valence-electron chi connectivity index (χ2n) is 6.65. The number of amides is 1. The number of hydrogen-bond acceptors (Lipinski definition) is 6. The quantitative estimate of drug-likeness (QED) is 0.518. The predicted molar refractivity (Wildman–Crippen MR) is 110 cm³/mol. The Morgan fingerprint density at radius 3 is 2.82 bits per heavy atom. The Morgan fingerprint density at radius 1 is 1.18 bits per heavy atom. The molecule has 2 aromatic carbocycles. The number of nitrogens with one attached hydrogen (secondary N) is 1. The SMILES string of the molecule is Cc1ccc2nc(NC(=O)C(C)Oc3ccc4c(C)cc(=O)oc4c3)sc2c1. The Bertz CT molecular complexity index is 1260. The van der Waals surface area contributed by atoms with Crippen molar-refractivity contribution in [2.45, 2.75) is 26.9 Å². The minimum atomic E-state index is -0.747. The van der Waals surface area contributed by atoms with Crippen molar-refractivity contribution in [3.05, 3.63) is 64.0 Å². The molecule has 4 rings (SSSR count). The summed E-state index contributed by atoms with van der Waals surface area (Å²) in [5.41, 5.74) is 2.83. The summed E-state index contributed by atoms with van der Waals surface area (Å²) < 4.78 is 12.0. The molecule has 28 heavy (non-hydrogen) atoms. The van der Waals surface area contributed by atoms with E-state index in [0.717, 1.165) is 26.7 Å². The highest BCUT2D eigenvalue weighted by atomic mass is 32.1. The molecule has 0 saturated carbocycles. The van der Waals surface area contributed by atoms with Gasteiger partial charge in [0.2, 0.25) is 0 Å². The Balaban J connectivity index is 1.50. The van der Waals surface area contributed by atoms with Crippen LogP contribution in [0.3, 0.4) is 0 Å². The minimum Gasteiger partial charge on any atom is -0.481 e. The van der Waals surface area contributed by atoms with E-state index in [-0.39, 0.29) is 5.91 Å². The van der Waals surface area contributed by atoms with Crippen LogP contribution >= 0.6 is 11.3 Å². The molecule has 1 amide bonds. The topological polar surface area (TPSA) is 81.4 Å². The number of carbonyl (C=O) groups is 1. The van der Waals surface area contributed by atoms with Gasteiger partial charge in [0.1, 0.15) is 11.3 Å². The lowest BCUT2D eigenvalue weighted by Crippen LogP contribution is -2.30. The lowest BCUT2D eigenvalue weighted by molar-refractivity contribution is -0.122. The van der Waals surface area contributed by atoms with Gasteiger partial charge in [0.25, 0.3) is 5.91 Å². The number of anilines is 1. The highest BCUT2D eigenvalue weighted by Gasteiger charge is 2.17. The number of fused-ring (bicyclic) bond motifs is 2. The molecule has 0 saturated heterocycles. The summed E-state index contributed by atoms with van der Waals surface area (Å²) in [5.74, 6) is 0.144. The smallest absolute Gasteiger partial charge is 0.336 e. The fourth-order valence-corrected chi connectivity index (χ4v) is 3.90. The molecule has 142 valence electrons. The predicted octanol–water partition coefficient (Wildman–Crippen LogP) is 4.43. The Morgan fingerprint density at radius 2 is 2.00 bits per heavy atom. The van der Waals surface area contributed by atoms with E-state index in [9.17, 15) is 9.59 Å². The normalized spacial score (nSPS) is 12.2. The summed E-state index contributed by atoms with van der Waals surface area (Å²) in [6.45, 7) is 5.51. The van der Waals surface area contributed by atoms with Crippen LogP contribution in [0.4, 0.5) is 5.13 Å². The molecule has 0 bridgehead atoms. The third-order valence-electron chi connectivity index (χ3n) is 4.38. The van der Waals surface area contributed by atoms with Gasteiger partial charge < -0.3 is 9.15 Å². The molecule has 0 aliphatic rings. The largest absolute Gasteiger partial charge is 0.481 e. The van der Waals surface area contributed by atoms with E-state index < -0.39 is 11.7 Å². The molecule has 1 unspecified atom stereocenters. The summed E-state index contributed by atoms with van der Waals surface area (Å²) in [6, 6.07) is 12.6. The average Bonchev–Trinajstić information content (AvgIpc) is 3.02. The molecule has 7 heteroatoms. The highest BCUT2D eigenvalue weighted by molar-refractivity contribution is 7.22. The summed E-state index contributed by atoms with van der Waals surface area (Å²) in [4.78, 5) is 28.5. The third kappa shape index (κ3) is 3.61. The van der Waals surface area contributed by atoms with Crippen LogP contribution in [0.1, 0.15) is 18.1 Å². The van der Waals surface area contributed by atoms with Crippen molar-refractivity contribution >= 4 is 43.6 Å². The van der Waals surface area contributed by atoms with Crippen LogP contribution in [-0.4, -0.2) is 17.0 Å². The monoisotopic (exact) mass is 394 g/mol. The van der Waals surface area contributed by atoms with E-state index >= 15 is 0 Å². The molecule has 1 N–H and O–H groups in total. The molecule has 6 nitrogen and oxygen atoms in total. The number of benzene rings is 2. The van der Waals surface area contributed by atoms with Crippen molar-refractivity contribution in [3.63, 3.8) is 0 Å². The van der Waals surface area contributed by atoms with Crippen LogP contribution in [0.5, 0.6) is 5.75 Å². The van der Waals surface area contributed by atoms with E-state index in [2.05, 4.69) is 10.3 Å². The van der Waals surface area contributed by atoms with Crippen molar-refractivity contribution in [2.24, 2.45) is 0 Å². The highest BCUT2D eigenvalue weighted by Crippen LogP contribution is 2.27. The zero-order valence-corrected chi connectivity index (χ0v) is 16.4. The first-order valence-electron chi connectivity index (χ1n) is 8.78. The first kappa shape index (κ1) is 18.2. The van der Waals surface area contributed by atoms with E-state index in [1.807, 2.05) is 38.1 Å². The number of rotatable bonds is 4. The van der Waals surface area contributed by atoms with Crippen LogP contribution in [0.2, 0.25) is 0 Å². The molecular weight excluding hydrogens is 376 g/mol. The number of aryl methyl sites for hydroxylation is 2. The van der Waals surface area contributed by atoms with Crippen molar-refractivity contribution in [3.8, 4) is 5.75 Å². The van der Waals surface area contributed by atoms with Gasteiger partial charge in [-0.3, -0.25) is 10.1 Å². The lowest BCUT2D eigenvalue weighted by Gasteiger charge is -2.14. The molecule has 4 aromatic rings. The van der Waals surface area contributed by atoms with E-state index in [4.69, 9.17) is 9.15 Å². The summed E-state index contributed by atoms with van der Waals surface area (Å²) in [6.07, 6.45) is -0.747. The summed E-state index contributed by atoms with van der Waals surface area (Å²) in [5, 5.41) is 4.15. The van der Waals surface area contributed by atoms with E-state index in [0.29, 0.717) is 16.5 Å². The van der Waals surface area contributed by atoms with Gasteiger partial charge in [0.05, 0.1) is 10.2 Å². The van der Waals surface area contributed by atoms with Gasteiger partial charge in [0.15, 0.2) is 11.2 Å². The first-order valence-corrected chi connectivity index (χ1v) is 9.60. The average molecular weight is 394 g/mol. The molecule has 0 fully saturated rings. The second kappa shape index (κ2) is 7.09. The number of ether oxygens (including phenoxy) is 1. The Kier molecular flexibility index (Phi) is 4.60. The summed E-state index contributed by atoms with van der Waals surface area (Å²) in [7, 11) is 0. The van der Waals surface area contributed by atoms with Gasteiger partial charge in [-0.15, -0.1) is 0 Å². The van der Waals surface area contributed by atoms with Crippen molar-refractivity contribution < 1.29 is 13.9 Å². The molecule has 1 atom stereocenters. The Hall–Kier alpha value is -3.19. The number of thiazole rings is 1. The number of carbonyl (C=O) groups excluding carboxylic acids is 1. The maximum atomic E-state index is 12.5. The third-order valence-corrected chi connectivity index (χ3v) is 5.31. The fraction of sp³-hybridized carbons (Fsp3) is 0.190. The number of aromatic nitrogens is 1. The molecule has 0 radical (unpaired) electrons. The number of hydrogen-bond donors (Lipinski definition) is 1. The van der Waals surface area contributed by atoms with Crippen molar-refractivity contribution in [1.29, 1.82) is 0 Å². The zero-order valence-electron chi connectivity index (χ0n) is 15.6. The van der Waals surface area contributed by atoms with Crippen LogP contribution < -0.4 is 15.7 Å². The molecular formula is C21H18N2O4S. The fourth-order valence-electron chi connectivity index (χ4n) is 2.93. The molecule has 0 aliphatic carbocycles. The maximum absolute atomic E-state index is 12.5. The number of nitrogens with zero attached hydrogens (tertiary/aromatic N) is 1. The van der Waals surface area contributed by atoms with Crippen LogP contribution in [0.15, 0.2) is 51.7 Å². The van der Waals surface area contributed by atoms with Crippen LogP contribution in [0, 0.1) is 13.8 Å². The zero-order chi connectivity index (χ0) is 19.8. The van der Waals surface area contributed by atoms with Crippen molar-refractivity contribution in [2.75, 3.05) is 5.32 Å². The maximum Gasteiger partial charge on any atom is 0.336 e. The van der Waals surface area contributed by atoms with Gasteiger partial charge in [-0.25, -0.2) is 9.78 Å². The molecule has 0 aliphatic heterocycles. The second-order valence-corrected chi connectivity index (χ2v) is 7.68. The summed E-state index contributed by atoms with van der Waals surface area (Å²) >= 11 is 1.42. The Labute approximate surface area is 164 Å². The molecule has 0 spiro atoms. The standard InChI is InChI=1S/C21H18N2O4S/c1-11-4-7-16-18(8-11)28-21(22-16)23-20(25)13(3)26-14-5-6-15-12(2)9-19(24)27-17(15)10-14/h4-10,13H,1-3H3,(H,22,23,25). The molecule has 2 heterocycles. The van der Waals surface area contributed by atoms with Crippen LogP contribution in [0.25, 0.3) is 21.2 Å². The van der Waals surface area contributed by atoms with E-state index in [1.165, 1.54) is 17.4 Å². The van der Waals surface area contributed by atoms with Gasteiger partial charge in [0, 0.05) is 17.5 Å². The molecule has 2 aromatic heterocycles. The van der Waals surface area contributed by atoms with Gasteiger partial charge >= 0.3 is 5.63 Å². The van der Waals surface area contributed by atoms with E-state index in [1.54, 1.807) is 19.1 Å².